The number of nitrogens with one attached hydrogen (secondary N) is 4. The Morgan fingerprint density at radius 2 is 1.23 bits per heavy atom. The van der Waals surface area contributed by atoms with Gasteiger partial charge in [-0.2, -0.15) is 0 Å². The zero-order valence-corrected chi connectivity index (χ0v) is 26.6. The Balaban J connectivity index is 1.52. The molecule has 13 heteroatoms. The molecule has 4 rings (SSSR count). The molecule has 1 heterocycles. The van der Waals surface area contributed by atoms with Crippen molar-refractivity contribution in [3.63, 3.8) is 0 Å². The number of hydrogen-bond donors (Lipinski definition) is 8. The first-order valence-electron chi connectivity index (χ1n) is 15.7. The van der Waals surface area contributed by atoms with Crippen molar-refractivity contribution in [3.05, 3.63) is 108 Å². The van der Waals surface area contributed by atoms with Crippen molar-refractivity contribution in [2.45, 2.75) is 56.3 Å². The van der Waals surface area contributed by atoms with E-state index in [2.05, 4.69) is 25.9 Å². The van der Waals surface area contributed by atoms with Crippen LogP contribution in [0.3, 0.4) is 0 Å². The first-order chi connectivity index (χ1) is 23.1. The number of benzene rings is 3. The van der Waals surface area contributed by atoms with Crippen molar-refractivity contribution in [2.24, 2.45) is 27.9 Å². The minimum absolute atomic E-state index is 0.0961. The van der Waals surface area contributed by atoms with Gasteiger partial charge >= 0.3 is 0 Å². The molecule has 1 aromatic heterocycles. The number of aromatic nitrogens is 1. The molecule has 13 nitrogen and oxygen atoms in total. The number of carbonyl (C=O) groups is 4. The van der Waals surface area contributed by atoms with Crippen molar-refractivity contribution in [3.8, 4) is 0 Å². The fourth-order valence-electron chi connectivity index (χ4n) is 5.36. The van der Waals surface area contributed by atoms with Gasteiger partial charge in [-0.1, -0.05) is 78.9 Å². The average Bonchev–Trinajstić information content (AvgIpc) is 3.48. The highest BCUT2D eigenvalue weighted by molar-refractivity contribution is 5.95. The number of H-pyrrole nitrogens is 1. The molecule has 252 valence electrons. The Bertz CT molecular complexity index is 1700. The Labute approximate surface area is 278 Å². The topological polar surface area (TPSA) is 237 Å². The van der Waals surface area contributed by atoms with Crippen LogP contribution in [0.1, 0.15) is 29.5 Å². The summed E-state index contributed by atoms with van der Waals surface area (Å²) in [6.45, 7) is 0.222. The van der Waals surface area contributed by atoms with Crippen LogP contribution in [-0.4, -0.2) is 65.3 Å². The first kappa shape index (κ1) is 35.2. The molecule has 0 radical (unpaired) electrons. The zero-order chi connectivity index (χ0) is 34.5. The summed E-state index contributed by atoms with van der Waals surface area (Å²) in [6, 6.07) is 21.8. The normalized spacial score (nSPS) is 13.4. The van der Waals surface area contributed by atoms with E-state index in [4.69, 9.17) is 22.9 Å². The van der Waals surface area contributed by atoms with Crippen molar-refractivity contribution >= 4 is 40.5 Å². The number of primary amides is 1. The smallest absolute Gasteiger partial charge is 0.243 e. The van der Waals surface area contributed by atoms with Gasteiger partial charge in [-0.05, 0) is 42.0 Å². The lowest BCUT2D eigenvalue weighted by Gasteiger charge is -2.25. The molecule has 0 spiro atoms. The summed E-state index contributed by atoms with van der Waals surface area (Å²) < 4.78 is 0. The van der Waals surface area contributed by atoms with Gasteiger partial charge in [0, 0.05) is 36.5 Å². The molecule has 4 amide bonds. The van der Waals surface area contributed by atoms with Gasteiger partial charge in [-0.15, -0.1) is 0 Å². The molecule has 0 saturated carbocycles. The Morgan fingerprint density at radius 1 is 0.667 bits per heavy atom. The lowest BCUT2D eigenvalue weighted by molar-refractivity contribution is -0.133. The molecular weight excluding hydrogens is 610 g/mol. The summed E-state index contributed by atoms with van der Waals surface area (Å²) in [5.41, 5.74) is 26.2. The number of fused-ring (bicyclic) bond motifs is 1. The highest BCUT2D eigenvalue weighted by Crippen LogP contribution is 2.19. The second-order valence-corrected chi connectivity index (χ2v) is 11.6. The second kappa shape index (κ2) is 17.3. The Hall–Kier alpha value is -5.69. The van der Waals surface area contributed by atoms with Crippen LogP contribution in [0.4, 0.5) is 0 Å². The standard InChI is InChI=1S/C35H43N9O4/c36-26(18-22-10-3-1-4-11-22)32(46)42-28(16-9-17-40-35(38)39)33(47)44-30(19-23-12-5-2-6-13-23)34(48)43-29(31(37)45)20-24-21-41-27-15-8-7-14-25(24)27/h1-8,10-15,21,26,28-30,41H,9,16-20,36H2,(H2,37,45)(H,42,46)(H,43,48)(H,44,47)(H4,38,39,40)/t26-,28+,29-,30-/m0/s1. The van der Waals surface area contributed by atoms with Crippen LogP contribution in [0.25, 0.3) is 10.9 Å². The fraction of sp³-hybridized carbons (Fsp3) is 0.286. The van der Waals surface area contributed by atoms with Crippen LogP contribution in [0.15, 0.2) is 96.1 Å². The predicted molar refractivity (Wildman–Crippen MR) is 185 cm³/mol. The number of nitrogens with two attached hydrogens (primary N) is 4. The lowest BCUT2D eigenvalue weighted by atomic mass is 10.0. The molecule has 0 fully saturated rings. The SMILES string of the molecule is NC(=O)[C@H](Cc1c[nH]c2ccccc12)NC(=O)[C@H](Cc1ccccc1)NC(=O)[C@@H](CCCN=C(N)N)NC(=O)[C@@H](N)Cc1ccccc1. The quantitative estimate of drug-likeness (QED) is 0.0456. The van der Waals surface area contributed by atoms with E-state index in [1.807, 2.05) is 84.9 Å². The van der Waals surface area contributed by atoms with E-state index in [1.54, 1.807) is 6.20 Å². The van der Waals surface area contributed by atoms with E-state index in [9.17, 15) is 19.2 Å². The number of hydrogen-bond acceptors (Lipinski definition) is 6. The Morgan fingerprint density at radius 3 is 1.88 bits per heavy atom. The number of carbonyl (C=O) groups excluding carboxylic acids is 4. The summed E-state index contributed by atoms with van der Waals surface area (Å²) in [6.07, 6.45) is 2.80. The van der Waals surface area contributed by atoms with E-state index in [0.717, 1.165) is 27.6 Å². The summed E-state index contributed by atoms with van der Waals surface area (Å²) in [5.74, 6) is -2.57. The van der Waals surface area contributed by atoms with Crippen LogP contribution in [0, 0.1) is 0 Å². The fourth-order valence-corrected chi connectivity index (χ4v) is 5.36. The van der Waals surface area contributed by atoms with Gasteiger partial charge in [0.1, 0.15) is 18.1 Å². The van der Waals surface area contributed by atoms with Gasteiger partial charge in [0.2, 0.25) is 23.6 Å². The van der Waals surface area contributed by atoms with Crippen LogP contribution in [-0.2, 0) is 38.4 Å². The van der Waals surface area contributed by atoms with Gasteiger partial charge in [-0.25, -0.2) is 0 Å². The van der Waals surface area contributed by atoms with Crippen LogP contribution >= 0.6 is 0 Å². The number of para-hydroxylation sites is 1. The van der Waals surface area contributed by atoms with Crippen LogP contribution in [0.2, 0.25) is 0 Å². The van der Waals surface area contributed by atoms with E-state index in [1.165, 1.54) is 0 Å². The monoisotopic (exact) mass is 653 g/mol. The maximum atomic E-state index is 13.8. The third-order valence-electron chi connectivity index (χ3n) is 7.89. The van der Waals surface area contributed by atoms with E-state index < -0.39 is 47.8 Å². The average molecular weight is 654 g/mol. The molecule has 0 aliphatic heterocycles. The van der Waals surface area contributed by atoms with Gasteiger partial charge in [0.05, 0.1) is 6.04 Å². The largest absolute Gasteiger partial charge is 0.370 e. The molecule has 3 aromatic carbocycles. The lowest BCUT2D eigenvalue weighted by Crippen LogP contribution is -2.58. The molecule has 4 aromatic rings. The van der Waals surface area contributed by atoms with Gasteiger partial charge in [-0.3, -0.25) is 24.2 Å². The zero-order valence-electron chi connectivity index (χ0n) is 26.6. The summed E-state index contributed by atoms with van der Waals surface area (Å²) in [7, 11) is 0. The minimum atomic E-state index is -1.11. The van der Waals surface area contributed by atoms with E-state index in [0.29, 0.717) is 6.42 Å². The number of rotatable bonds is 17. The molecule has 0 bridgehead atoms. The highest BCUT2D eigenvalue weighted by Gasteiger charge is 2.30. The van der Waals surface area contributed by atoms with Gasteiger partial charge in [0.25, 0.3) is 0 Å². The maximum absolute atomic E-state index is 13.8. The molecule has 4 atom stereocenters. The highest BCUT2D eigenvalue weighted by atomic mass is 16.2. The number of amides is 4. The van der Waals surface area contributed by atoms with E-state index >= 15 is 0 Å². The van der Waals surface area contributed by atoms with Crippen molar-refractivity contribution in [1.82, 2.24) is 20.9 Å². The third-order valence-corrected chi connectivity index (χ3v) is 7.89. The van der Waals surface area contributed by atoms with Crippen LogP contribution in [0.5, 0.6) is 0 Å². The number of nitrogens with zero attached hydrogens (tertiary/aromatic N) is 1. The summed E-state index contributed by atoms with van der Waals surface area (Å²) in [5, 5.41) is 9.17. The molecular formula is C35H43N9O4. The molecule has 12 N–H and O–H groups in total. The molecule has 0 saturated heterocycles. The number of aliphatic imine (C=N–C) groups is 1. The summed E-state index contributed by atoms with van der Waals surface area (Å²) in [4.78, 5) is 60.4. The minimum Gasteiger partial charge on any atom is -0.370 e. The van der Waals surface area contributed by atoms with E-state index in [-0.39, 0.29) is 38.2 Å². The van der Waals surface area contributed by atoms with Crippen molar-refractivity contribution < 1.29 is 19.2 Å². The maximum Gasteiger partial charge on any atom is 0.243 e. The first-order valence-corrected chi connectivity index (χ1v) is 15.7. The van der Waals surface area contributed by atoms with Gasteiger partial charge < -0.3 is 43.9 Å². The molecule has 48 heavy (non-hydrogen) atoms. The molecule has 0 aliphatic rings. The van der Waals surface area contributed by atoms with Crippen molar-refractivity contribution in [2.75, 3.05) is 6.54 Å². The molecule has 0 aliphatic carbocycles. The van der Waals surface area contributed by atoms with Gasteiger partial charge in [0.15, 0.2) is 5.96 Å². The predicted octanol–water partition coefficient (Wildman–Crippen LogP) is 0.516. The second-order valence-electron chi connectivity index (χ2n) is 11.6. The number of aromatic amines is 1. The third kappa shape index (κ3) is 10.4. The van der Waals surface area contributed by atoms with Crippen LogP contribution < -0.4 is 38.9 Å². The molecule has 0 unspecified atom stereocenters. The Kier molecular flexibility index (Phi) is 12.7. The number of guanidine groups is 1. The summed E-state index contributed by atoms with van der Waals surface area (Å²) >= 11 is 0. The van der Waals surface area contributed by atoms with Crippen molar-refractivity contribution in [1.29, 1.82) is 0 Å².